The van der Waals surface area contributed by atoms with Crippen molar-refractivity contribution in [2.75, 3.05) is 18.1 Å². The molecule has 6 nitrogen and oxygen atoms in total. The average molecular weight is 404 g/mol. The van der Waals surface area contributed by atoms with E-state index in [2.05, 4.69) is 4.90 Å². The average Bonchev–Trinajstić information content (AvgIpc) is 3.24. The van der Waals surface area contributed by atoms with Gasteiger partial charge in [0, 0.05) is 6.54 Å². The minimum atomic E-state index is -1.15. The lowest BCUT2D eigenvalue weighted by molar-refractivity contribution is -0.182. The molecule has 0 aliphatic carbocycles. The van der Waals surface area contributed by atoms with Crippen LogP contribution in [0.15, 0.2) is 60.7 Å². The summed E-state index contributed by atoms with van der Waals surface area (Å²) in [6.07, 6.45) is 0. The van der Waals surface area contributed by atoms with Crippen LogP contribution in [0, 0.1) is 17.8 Å². The maximum absolute atomic E-state index is 13.6. The highest BCUT2D eigenvalue weighted by atomic mass is 16.5. The number of morpholine rings is 1. The molecule has 3 fully saturated rings. The molecule has 2 aromatic rings. The van der Waals surface area contributed by atoms with Gasteiger partial charge in [0.05, 0.1) is 23.6 Å². The highest BCUT2D eigenvalue weighted by Gasteiger charge is 2.72. The van der Waals surface area contributed by atoms with Crippen LogP contribution in [0.2, 0.25) is 0 Å². The predicted octanol–water partition coefficient (Wildman–Crippen LogP) is 2.80. The van der Waals surface area contributed by atoms with Crippen molar-refractivity contribution >= 4 is 23.5 Å². The van der Waals surface area contributed by atoms with Gasteiger partial charge in [-0.1, -0.05) is 62.4 Å². The van der Waals surface area contributed by atoms with Crippen LogP contribution in [0.25, 0.3) is 0 Å². The van der Waals surface area contributed by atoms with E-state index in [0.29, 0.717) is 12.2 Å². The van der Waals surface area contributed by atoms with Crippen LogP contribution in [0.4, 0.5) is 5.69 Å². The SMILES string of the molecule is CC(C)[C@@]12C(=O)OC[C@@H](c3ccccc3)N1C[C@H]1C(=O)N(c3ccccc3)C(=O)[C@H]12. The molecule has 0 bridgehead atoms. The van der Waals surface area contributed by atoms with Crippen LogP contribution in [0.3, 0.4) is 0 Å². The van der Waals surface area contributed by atoms with E-state index in [9.17, 15) is 14.4 Å². The van der Waals surface area contributed by atoms with E-state index >= 15 is 0 Å². The minimum Gasteiger partial charge on any atom is -0.462 e. The number of ether oxygens (including phenoxy) is 1. The van der Waals surface area contributed by atoms with E-state index < -0.39 is 23.3 Å². The Kier molecular flexibility index (Phi) is 4.29. The molecule has 0 aromatic heterocycles. The first-order valence-electron chi connectivity index (χ1n) is 10.4. The Morgan fingerprint density at radius 1 is 0.933 bits per heavy atom. The van der Waals surface area contributed by atoms with Gasteiger partial charge in [-0.05, 0) is 23.6 Å². The molecular weight excluding hydrogens is 380 g/mol. The Morgan fingerprint density at radius 3 is 2.20 bits per heavy atom. The third-order valence-electron chi connectivity index (χ3n) is 6.92. The lowest BCUT2D eigenvalue weighted by atomic mass is 9.72. The molecule has 154 valence electrons. The molecule has 3 heterocycles. The third kappa shape index (κ3) is 2.37. The minimum absolute atomic E-state index is 0.178. The van der Waals surface area contributed by atoms with Gasteiger partial charge in [0.2, 0.25) is 11.8 Å². The van der Waals surface area contributed by atoms with Gasteiger partial charge in [-0.25, -0.2) is 4.90 Å². The van der Waals surface area contributed by atoms with Gasteiger partial charge >= 0.3 is 5.97 Å². The zero-order chi connectivity index (χ0) is 21.0. The number of hydrogen-bond acceptors (Lipinski definition) is 5. The lowest BCUT2D eigenvalue weighted by Crippen LogP contribution is -2.65. The molecule has 3 aliphatic rings. The molecule has 0 unspecified atom stereocenters. The fourth-order valence-electron chi connectivity index (χ4n) is 5.65. The van der Waals surface area contributed by atoms with Gasteiger partial charge in [0.1, 0.15) is 12.1 Å². The Labute approximate surface area is 175 Å². The van der Waals surface area contributed by atoms with Crippen molar-refractivity contribution in [2.45, 2.75) is 25.4 Å². The van der Waals surface area contributed by atoms with E-state index in [4.69, 9.17) is 4.74 Å². The topological polar surface area (TPSA) is 66.9 Å². The van der Waals surface area contributed by atoms with E-state index in [1.165, 1.54) is 4.90 Å². The normalized spacial score (nSPS) is 31.1. The number of imide groups is 1. The maximum atomic E-state index is 13.6. The number of carbonyl (C=O) groups is 3. The number of carbonyl (C=O) groups excluding carboxylic acids is 3. The van der Waals surface area contributed by atoms with Crippen molar-refractivity contribution in [3.8, 4) is 0 Å². The fraction of sp³-hybridized carbons (Fsp3) is 0.375. The van der Waals surface area contributed by atoms with E-state index in [0.717, 1.165) is 5.56 Å². The van der Waals surface area contributed by atoms with Crippen LogP contribution in [-0.2, 0) is 19.1 Å². The Bertz CT molecular complexity index is 1010. The quantitative estimate of drug-likeness (QED) is 0.581. The standard InChI is InChI=1S/C24H24N2O4/c1-15(2)24-20-18(21(27)26(22(20)28)17-11-7-4-8-12-17)13-25(24)19(14-30-23(24)29)16-9-5-3-6-10-16/h3-12,15,18-20H,13-14H2,1-2H3/t18-,19+,20+,24-/m1/s1. The molecule has 0 radical (unpaired) electrons. The molecule has 30 heavy (non-hydrogen) atoms. The van der Waals surface area contributed by atoms with Gasteiger partial charge in [0.15, 0.2) is 0 Å². The van der Waals surface area contributed by atoms with Crippen LogP contribution < -0.4 is 4.90 Å². The van der Waals surface area contributed by atoms with Crippen molar-refractivity contribution in [1.29, 1.82) is 0 Å². The lowest BCUT2D eigenvalue weighted by Gasteiger charge is -2.49. The third-order valence-corrected chi connectivity index (χ3v) is 6.92. The van der Waals surface area contributed by atoms with Crippen LogP contribution in [0.5, 0.6) is 0 Å². The van der Waals surface area contributed by atoms with Crippen LogP contribution in [0.1, 0.15) is 25.5 Å². The molecule has 4 atom stereocenters. The molecular formula is C24H24N2O4. The van der Waals surface area contributed by atoms with E-state index in [1.54, 1.807) is 24.3 Å². The largest absolute Gasteiger partial charge is 0.462 e. The second-order valence-electron chi connectivity index (χ2n) is 8.59. The Hall–Kier alpha value is -2.99. The summed E-state index contributed by atoms with van der Waals surface area (Å²) in [5.41, 5.74) is 0.422. The molecule has 5 rings (SSSR count). The summed E-state index contributed by atoms with van der Waals surface area (Å²) in [4.78, 5) is 43.6. The molecule has 6 heteroatoms. The molecule has 2 amide bonds. The van der Waals surface area contributed by atoms with Gasteiger partial charge in [-0.3, -0.25) is 19.3 Å². The van der Waals surface area contributed by atoms with Gasteiger partial charge < -0.3 is 4.74 Å². The zero-order valence-electron chi connectivity index (χ0n) is 17.0. The van der Waals surface area contributed by atoms with E-state index in [-0.39, 0.29) is 30.4 Å². The van der Waals surface area contributed by atoms with Crippen molar-refractivity contribution in [3.05, 3.63) is 66.2 Å². The van der Waals surface area contributed by atoms with Gasteiger partial charge in [-0.2, -0.15) is 0 Å². The summed E-state index contributed by atoms with van der Waals surface area (Å²) < 4.78 is 5.69. The number of amides is 2. The first kappa shape index (κ1) is 19.0. The summed E-state index contributed by atoms with van der Waals surface area (Å²) in [6, 6.07) is 18.6. The van der Waals surface area contributed by atoms with Crippen LogP contribution in [-0.4, -0.2) is 41.4 Å². The molecule has 3 aliphatic heterocycles. The van der Waals surface area contributed by atoms with Gasteiger partial charge in [0.25, 0.3) is 0 Å². The number of cyclic esters (lactones) is 1. The number of anilines is 1. The van der Waals surface area contributed by atoms with E-state index in [1.807, 2.05) is 50.2 Å². The first-order valence-corrected chi connectivity index (χ1v) is 10.4. The molecule has 2 aromatic carbocycles. The fourth-order valence-corrected chi connectivity index (χ4v) is 5.65. The zero-order valence-corrected chi connectivity index (χ0v) is 17.0. The second kappa shape index (κ2) is 6.77. The molecule has 0 saturated carbocycles. The number of rotatable bonds is 3. The summed E-state index contributed by atoms with van der Waals surface area (Å²) >= 11 is 0. The number of hydrogen-bond donors (Lipinski definition) is 0. The highest BCUT2D eigenvalue weighted by molar-refractivity contribution is 6.24. The number of esters is 1. The van der Waals surface area contributed by atoms with Crippen molar-refractivity contribution in [3.63, 3.8) is 0 Å². The van der Waals surface area contributed by atoms with Crippen molar-refractivity contribution in [2.24, 2.45) is 17.8 Å². The monoisotopic (exact) mass is 404 g/mol. The number of para-hydroxylation sites is 1. The summed E-state index contributed by atoms with van der Waals surface area (Å²) in [5.74, 6) is -2.43. The molecule has 0 N–H and O–H groups in total. The first-order chi connectivity index (χ1) is 14.5. The summed E-state index contributed by atoms with van der Waals surface area (Å²) in [5, 5.41) is 0. The smallest absolute Gasteiger partial charge is 0.327 e. The van der Waals surface area contributed by atoms with Crippen LogP contribution >= 0.6 is 0 Å². The summed E-state index contributed by atoms with van der Waals surface area (Å²) in [7, 11) is 0. The Balaban J connectivity index is 1.62. The predicted molar refractivity (Wildman–Crippen MR) is 110 cm³/mol. The number of nitrogens with zero attached hydrogens (tertiary/aromatic N) is 2. The summed E-state index contributed by atoms with van der Waals surface area (Å²) in [6.45, 7) is 4.47. The molecule has 0 spiro atoms. The van der Waals surface area contributed by atoms with Gasteiger partial charge in [-0.15, -0.1) is 0 Å². The maximum Gasteiger partial charge on any atom is 0.327 e. The second-order valence-corrected chi connectivity index (χ2v) is 8.59. The van der Waals surface area contributed by atoms with Crippen molar-refractivity contribution in [1.82, 2.24) is 4.90 Å². The molecule has 3 saturated heterocycles. The van der Waals surface area contributed by atoms with Crippen molar-refractivity contribution < 1.29 is 19.1 Å². The number of benzene rings is 2. The number of fused-ring (bicyclic) bond motifs is 3. The highest BCUT2D eigenvalue weighted by Crippen LogP contribution is 2.54. The Morgan fingerprint density at radius 2 is 1.57 bits per heavy atom.